The lowest BCUT2D eigenvalue weighted by Crippen LogP contribution is -2.31. The van der Waals surface area contributed by atoms with Gasteiger partial charge in [-0.15, -0.1) is 0 Å². The Labute approximate surface area is 119 Å². The second-order valence-electron chi connectivity index (χ2n) is 4.80. The molecule has 0 aromatic heterocycles. The van der Waals surface area contributed by atoms with Gasteiger partial charge in [0.25, 0.3) is 0 Å². The molecular weight excluding hydrogens is 264 g/mol. The van der Waals surface area contributed by atoms with Gasteiger partial charge in [0.1, 0.15) is 5.75 Å². The third-order valence-corrected chi connectivity index (χ3v) is 2.81. The lowest BCUT2D eigenvalue weighted by atomic mass is 10.1. The summed E-state index contributed by atoms with van der Waals surface area (Å²) in [7, 11) is 0. The van der Waals surface area contributed by atoms with Crippen LogP contribution in [-0.2, 0) is 4.79 Å². The van der Waals surface area contributed by atoms with Gasteiger partial charge in [-0.05, 0) is 38.5 Å². The van der Waals surface area contributed by atoms with E-state index >= 15 is 0 Å². The van der Waals surface area contributed by atoms with Crippen molar-refractivity contribution >= 4 is 17.5 Å². The molecule has 0 saturated heterocycles. The lowest BCUT2D eigenvalue weighted by Gasteiger charge is -2.12. The average molecular weight is 285 g/mol. The topological polar surface area (TPSA) is 64.3 Å². The van der Waals surface area contributed by atoms with Crippen molar-refractivity contribution in [2.75, 3.05) is 6.61 Å². The molecule has 1 aromatic rings. The monoisotopic (exact) mass is 284 g/mol. The average Bonchev–Trinajstić information content (AvgIpc) is 2.29. The highest BCUT2D eigenvalue weighted by molar-refractivity contribution is 6.32. The zero-order valence-corrected chi connectivity index (χ0v) is 12.3. The summed E-state index contributed by atoms with van der Waals surface area (Å²) in [4.78, 5) is 11.4. The Kier molecular flexibility index (Phi) is 6.12. The van der Waals surface area contributed by atoms with Gasteiger partial charge in [-0.1, -0.05) is 17.7 Å². The molecule has 0 fully saturated rings. The second kappa shape index (κ2) is 7.36. The summed E-state index contributed by atoms with van der Waals surface area (Å²) in [6, 6.07) is 5.52. The van der Waals surface area contributed by atoms with Gasteiger partial charge < -0.3 is 15.8 Å². The van der Waals surface area contributed by atoms with Crippen LogP contribution in [0, 0.1) is 0 Å². The van der Waals surface area contributed by atoms with Crippen LogP contribution in [-0.4, -0.2) is 18.6 Å². The molecule has 0 heterocycles. The number of rotatable bonds is 6. The number of carbonyl (C=O) groups is 1. The second-order valence-corrected chi connectivity index (χ2v) is 5.21. The van der Waals surface area contributed by atoms with Crippen molar-refractivity contribution in [3.05, 3.63) is 28.8 Å². The highest BCUT2D eigenvalue weighted by Gasteiger charge is 2.07. The van der Waals surface area contributed by atoms with E-state index in [-0.39, 0.29) is 18.0 Å². The van der Waals surface area contributed by atoms with Gasteiger partial charge in [-0.25, -0.2) is 0 Å². The molecule has 0 spiro atoms. The maximum absolute atomic E-state index is 11.4. The minimum absolute atomic E-state index is 0.0293. The molecule has 1 rings (SSSR count). The molecule has 106 valence electrons. The highest BCUT2D eigenvalue weighted by Crippen LogP contribution is 2.27. The van der Waals surface area contributed by atoms with Crippen molar-refractivity contribution in [1.29, 1.82) is 0 Å². The minimum Gasteiger partial charge on any atom is -0.491 e. The Morgan fingerprint density at radius 1 is 1.42 bits per heavy atom. The number of carbonyl (C=O) groups excluding carboxylic acids is 1. The van der Waals surface area contributed by atoms with E-state index in [0.717, 1.165) is 5.56 Å². The lowest BCUT2D eigenvalue weighted by molar-refractivity contribution is -0.122. The van der Waals surface area contributed by atoms with Gasteiger partial charge in [-0.3, -0.25) is 4.79 Å². The van der Waals surface area contributed by atoms with Crippen LogP contribution < -0.4 is 15.8 Å². The maximum Gasteiger partial charge on any atom is 0.223 e. The summed E-state index contributed by atoms with van der Waals surface area (Å²) in [5.41, 5.74) is 6.72. The SMILES string of the molecule is CC(C)NC(=O)CCOc1ccc(C(C)N)cc1Cl. The zero-order chi connectivity index (χ0) is 14.4. The first kappa shape index (κ1) is 15.8. The molecule has 1 atom stereocenters. The van der Waals surface area contributed by atoms with Crippen molar-refractivity contribution in [3.8, 4) is 5.75 Å². The summed E-state index contributed by atoms with van der Waals surface area (Å²) in [5.74, 6) is 0.543. The molecule has 5 heteroatoms. The largest absolute Gasteiger partial charge is 0.491 e. The van der Waals surface area contributed by atoms with Gasteiger partial charge in [0.15, 0.2) is 0 Å². The molecule has 1 aromatic carbocycles. The molecule has 0 bridgehead atoms. The zero-order valence-electron chi connectivity index (χ0n) is 11.6. The number of nitrogens with one attached hydrogen (secondary N) is 1. The van der Waals surface area contributed by atoms with E-state index in [1.165, 1.54) is 0 Å². The fraction of sp³-hybridized carbons (Fsp3) is 0.500. The molecule has 4 nitrogen and oxygen atoms in total. The van der Waals surface area contributed by atoms with Crippen LogP contribution in [0.15, 0.2) is 18.2 Å². The Morgan fingerprint density at radius 3 is 2.63 bits per heavy atom. The fourth-order valence-corrected chi connectivity index (χ4v) is 1.81. The first-order chi connectivity index (χ1) is 8.90. The van der Waals surface area contributed by atoms with E-state index in [1.54, 1.807) is 12.1 Å². The van der Waals surface area contributed by atoms with Crippen molar-refractivity contribution < 1.29 is 9.53 Å². The third-order valence-electron chi connectivity index (χ3n) is 2.52. The van der Waals surface area contributed by atoms with Crippen LogP contribution in [0.3, 0.4) is 0 Å². The number of amides is 1. The van der Waals surface area contributed by atoms with Gasteiger partial charge >= 0.3 is 0 Å². The molecule has 0 aliphatic carbocycles. The Balaban J connectivity index is 2.48. The van der Waals surface area contributed by atoms with Crippen LogP contribution >= 0.6 is 11.6 Å². The molecule has 1 unspecified atom stereocenters. The van der Waals surface area contributed by atoms with Crippen molar-refractivity contribution in [2.45, 2.75) is 39.3 Å². The summed E-state index contributed by atoms with van der Waals surface area (Å²) in [6.07, 6.45) is 0.309. The summed E-state index contributed by atoms with van der Waals surface area (Å²) < 4.78 is 5.49. The number of halogens is 1. The Morgan fingerprint density at radius 2 is 2.11 bits per heavy atom. The first-order valence-corrected chi connectivity index (χ1v) is 6.75. The standard InChI is InChI=1S/C14H21ClN2O2/c1-9(2)17-14(18)6-7-19-13-5-4-11(10(3)16)8-12(13)15/h4-5,8-10H,6-7,16H2,1-3H3,(H,17,18). The summed E-state index contributed by atoms with van der Waals surface area (Å²) >= 11 is 6.09. The van der Waals surface area contributed by atoms with E-state index in [2.05, 4.69) is 5.32 Å². The normalized spacial score (nSPS) is 12.3. The molecule has 1 amide bonds. The van der Waals surface area contributed by atoms with E-state index in [9.17, 15) is 4.79 Å². The summed E-state index contributed by atoms with van der Waals surface area (Å²) in [6.45, 7) is 6.03. The fourth-order valence-electron chi connectivity index (χ4n) is 1.57. The van der Waals surface area contributed by atoms with Gasteiger partial charge in [0.05, 0.1) is 18.1 Å². The highest BCUT2D eigenvalue weighted by atomic mass is 35.5. The summed E-state index contributed by atoms with van der Waals surface area (Å²) in [5, 5.41) is 3.31. The Bertz CT molecular complexity index is 433. The quantitative estimate of drug-likeness (QED) is 0.844. The molecule has 0 aliphatic heterocycles. The van der Waals surface area contributed by atoms with Crippen LogP contribution in [0.1, 0.15) is 38.8 Å². The van der Waals surface area contributed by atoms with Gasteiger partial charge in [0, 0.05) is 12.1 Å². The molecule has 19 heavy (non-hydrogen) atoms. The van der Waals surface area contributed by atoms with Crippen LogP contribution in [0.2, 0.25) is 5.02 Å². The maximum atomic E-state index is 11.4. The molecule has 0 aliphatic rings. The van der Waals surface area contributed by atoms with E-state index in [4.69, 9.17) is 22.1 Å². The van der Waals surface area contributed by atoms with E-state index < -0.39 is 0 Å². The van der Waals surface area contributed by atoms with Gasteiger partial charge in [-0.2, -0.15) is 0 Å². The van der Waals surface area contributed by atoms with E-state index in [0.29, 0.717) is 23.8 Å². The molecule has 3 N–H and O–H groups in total. The van der Waals surface area contributed by atoms with Crippen molar-refractivity contribution in [2.24, 2.45) is 5.73 Å². The third kappa shape index (κ3) is 5.49. The predicted octanol–water partition coefficient (Wildman–Crippen LogP) is 2.65. The van der Waals surface area contributed by atoms with Gasteiger partial charge in [0.2, 0.25) is 5.91 Å². The number of nitrogens with two attached hydrogens (primary N) is 1. The molecule has 0 radical (unpaired) electrons. The molecular formula is C14H21ClN2O2. The Hall–Kier alpha value is -1.26. The smallest absolute Gasteiger partial charge is 0.223 e. The predicted molar refractivity (Wildman–Crippen MR) is 77.4 cm³/mol. The van der Waals surface area contributed by atoms with E-state index in [1.807, 2.05) is 26.8 Å². The van der Waals surface area contributed by atoms with Crippen LogP contribution in [0.25, 0.3) is 0 Å². The number of ether oxygens (including phenoxy) is 1. The van der Waals surface area contributed by atoms with Crippen molar-refractivity contribution in [3.63, 3.8) is 0 Å². The number of hydrogen-bond donors (Lipinski definition) is 2. The first-order valence-electron chi connectivity index (χ1n) is 6.37. The minimum atomic E-state index is -0.0663. The number of benzene rings is 1. The van der Waals surface area contributed by atoms with Crippen molar-refractivity contribution in [1.82, 2.24) is 5.32 Å². The van der Waals surface area contributed by atoms with Crippen LogP contribution in [0.5, 0.6) is 5.75 Å². The van der Waals surface area contributed by atoms with Crippen LogP contribution in [0.4, 0.5) is 0 Å². The number of hydrogen-bond acceptors (Lipinski definition) is 3. The molecule has 0 saturated carbocycles.